The third-order valence-corrected chi connectivity index (χ3v) is 2.73. The van der Waals surface area contributed by atoms with Gasteiger partial charge in [-0.2, -0.15) is 0 Å². The van der Waals surface area contributed by atoms with Crippen LogP contribution < -0.4 is 10.1 Å². The number of hydrogen-bond donors (Lipinski definition) is 1. The lowest BCUT2D eigenvalue weighted by atomic mass is 10.2. The van der Waals surface area contributed by atoms with Crippen molar-refractivity contribution in [2.75, 3.05) is 12.4 Å². The van der Waals surface area contributed by atoms with Gasteiger partial charge in [0, 0.05) is 21.9 Å². The quantitative estimate of drug-likeness (QED) is 0.908. The lowest BCUT2D eigenvalue weighted by molar-refractivity contribution is 0.415. The molecule has 0 atom stereocenters. The second-order valence-electron chi connectivity index (χ2n) is 3.36. The number of benzene rings is 2. The van der Waals surface area contributed by atoms with Gasteiger partial charge in [0.25, 0.3) is 0 Å². The molecule has 2 nitrogen and oxygen atoms in total. The fraction of sp³-hybridized carbons (Fsp3) is 0.0769. The van der Waals surface area contributed by atoms with Gasteiger partial charge < -0.3 is 10.1 Å². The first-order valence-corrected chi connectivity index (χ1v) is 5.74. The van der Waals surface area contributed by atoms with E-state index in [2.05, 4.69) is 21.2 Å². The van der Waals surface area contributed by atoms with Crippen molar-refractivity contribution in [1.82, 2.24) is 0 Å². The summed E-state index contributed by atoms with van der Waals surface area (Å²) in [5, 5.41) is 3.30. The molecule has 1 N–H and O–H groups in total. The van der Waals surface area contributed by atoms with E-state index in [1.807, 2.05) is 48.5 Å². The lowest BCUT2D eigenvalue weighted by Crippen LogP contribution is -1.90. The summed E-state index contributed by atoms with van der Waals surface area (Å²) in [6.07, 6.45) is 0. The van der Waals surface area contributed by atoms with Gasteiger partial charge >= 0.3 is 0 Å². The standard InChI is InChI=1S/C13H12BrNO/c1-16-13-4-2-3-12(9-13)15-11-7-5-10(14)6-8-11/h2-9,15H,1H3. The molecule has 0 radical (unpaired) electrons. The maximum atomic E-state index is 5.16. The monoisotopic (exact) mass is 277 g/mol. The first-order valence-electron chi connectivity index (χ1n) is 4.94. The van der Waals surface area contributed by atoms with Crippen LogP contribution in [0.4, 0.5) is 11.4 Å². The van der Waals surface area contributed by atoms with E-state index < -0.39 is 0 Å². The SMILES string of the molecule is COc1cccc(Nc2ccc(Br)cc2)c1. The molecule has 16 heavy (non-hydrogen) atoms. The van der Waals surface area contributed by atoms with Crippen LogP contribution in [0.1, 0.15) is 0 Å². The first-order chi connectivity index (χ1) is 7.78. The highest BCUT2D eigenvalue weighted by atomic mass is 79.9. The Balaban J connectivity index is 2.16. The highest BCUT2D eigenvalue weighted by Gasteiger charge is 1.96. The maximum Gasteiger partial charge on any atom is 0.120 e. The van der Waals surface area contributed by atoms with E-state index in [1.165, 1.54) is 0 Å². The Labute approximate surface area is 103 Å². The van der Waals surface area contributed by atoms with Crippen LogP contribution in [0.25, 0.3) is 0 Å². The van der Waals surface area contributed by atoms with E-state index >= 15 is 0 Å². The van der Waals surface area contributed by atoms with Crippen LogP contribution in [0.5, 0.6) is 5.75 Å². The van der Waals surface area contributed by atoms with Gasteiger partial charge in [0.2, 0.25) is 0 Å². The molecule has 2 aromatic carbocycles. The number of halogens is 1. The van der Waals surface area contributed by atoms with Crippen LogP contribution >= 0.6 is 15.9 Å². The zero-order valence-corrected chi connectivity index (χ0v) is 10.5. The minimum absolute atomic E-state index is 0.849. The van der Waals surface area contributed by atoms with Gasteiger partial charge in [0.1, 0.15) is 5.75 Å². The summed E-state index contributed by atoms with van der Waals surface area (Å²) in [6.45, 7) is 0. The van der Waals surface area contributed by atoms with Gasteiger partial charge in [-0.1, -0.05) is 22.0 Å². The average Bonchev–Trinajstić information content (AvgIpc) is 2.32. The van der Waals surface area contributed by atoms with Crippen molar-refractivity contribution in [2.45, 2.75) is 0 Å². The molecule has 0 heterocycles. The molecule has 0 aliphatic heterocycles. The second-order valence-corrected chi connectivity index (χ2v) is 4.28. The summed E-state index contributed by atoms with van der Waals surface area (Å²) in [7, 11) is 1.67. The second kappa shape index (κ2) is 5.03. The van der Waals surface area contributed by atoms with Crippen molar-refractivity contribution in [3.05, 3.63) is 53.0 Å². The van der Waals surface area contributed by atoms with E-state index in [1.54, 1.807) is 7.11 Å². The van der Waals surface area contributed by atoms with Gasteiger partial charge in [-0.3, -0.25) is 0 Å². The Morgan fingerprint density at radius 3 is 2.44 bits per heavy atom. The maximum absolute atomic E-state index is 5.16. The highest BCUT2D eigenvalue weighted by Crippen LogP contribution is 2.22. The lowest BCUT2D eigenvalue weighted by Gasteiger charge is -2.07. The zero-order chi connectivity index (χ0) is 11.4. The Morgan fingerprint density at radius 1 is 1.00 bits per heavy atom. The molecule has 0 unspecified atom stereocenters. The predicted octanol–water partition coefficient (Wildman–Crippen LogP) is 4.20. The summed E-state index contributed by atoms with van der Waals surface area (Å²) < 4.78 is 6.24. The van der Waals surface area contributed by atoms with Crippen LogP contribution in [-0.4, -0.2) is 7.11 Å². The first kappa shape index (κ1) is 11.0. The van der Waals surface area contributed by atoms with Gasteiger partial charge in [0.05, 0.1) is 7.11 Å². The van der Waals surface area contributed by atoms with Gasteiger partial charge in [-0.15, -0.1) is 0 Å². The van der Waals surface area contributed by atoms with Crippen molar-refractivity contribution in [3.63, 3.8) is 0 Å². The van der Waals surface area contributed by atoms with Crippen LogP contribution in [0.15, 0.2) is 53.0 Å². The predicted molar refractivity (Wildman–Crippen MR) is 70.4 cm³/mol. The molecule has 0 aromatic heterocycles. The van der Waals surface area contributed by atoms with Crippen molar-refractivity contribution in [2.24, 2.45) is 0 Å². The van der Waals surface area contributed by atoms with Crippen LogP contribution in [0, 0.1) is 0 Å². The molecule has 0 amide bonds. The molecule has 0 spiro atoms. The molecule has 0 aliphatic rings. The summed E-state index contributed by atoms with van der Waals surface area (Å²) in [5.41, 5.74) is 2.07. The molecule has 3 heteroatoms. The van der Waals surface area contributed by atoms with Gasteiger partial charge in [0.15, 0.2) is 0 Å². The summed E-state index contributed by atoms with van der Waals surface area (Å²) >= 11 is 3.41. The van der Waals surface area contributed by atoms with Crippen molar-refractivity contribution < 1.29 is 4.74 Å². The van der Waals surface area contributed by atoms with Crippen molar-refractivity contribution in [1.29, 1.82) is 0 Å². The van der Waals surface area contributed by atoms with Crippen molar-refractivity contribution in [3.8, 4) is 5.75 Å². The highest BCUT2D eigenvalue weighted by molar-refractivity contribution is 9.10. The van der Waals surface area contributed by atoms with Crippen LogP contribution in [0.2, 0.25) is 0 Å². The third kappa shape index (κ3) is 2.76. The van der Waals surface area contributed by atoms with E-state index in [0.29, 0.717) is 0 Å². The molecular weight excluding hydrogens is 266 g/mol. The molecule has 2 rings (SSSR count). The number of anilines is 2. The van der Waals surface area contributed by atoms with E-state index in [9.17, 15) is 0 Å². The van der Waals surface area contributed by atoms with Gasteiger partial charge in [-0.25, -0.2) is 0 Å². The van der Waals surface area contributed by atoms with E-state index in [4.69, 9.17) is 4.74 Å². The largest absolute Gasteiger partial charge is 0.497 e. The average molecular weight is 278 g/mol. The van der Waals surface area contributed by atoms with Crippen molar-refractivity contribution >= 4 is 27.3 Å². The fourth-order valence-electron chi connectivity index (χ4n) is 1.40. The Bertz CT molecular complexity index is 468. The molecular formula is C13H12BrNO. The van der Waals surface area contributed by atoms with Gasteiger partial charge in [-0.05, 0) is 36.4 Å². The van der Waals surface area contributed by atoms with E-state index in [-0.39, 0.29) is 0 Å². The molecule has 0 saturated heterocycles. The fourth-order valence-corrected chi connectivity index (χ4v) is 1.67. The zero-order valence-electron chi connectivity index (χ0n) is 8.91. The smallest absolute Gasteiger partial charge is 0.120 e. The molecule has 2 aromatic rings. The number of hydrogen-bond acceptors (Lipinski definition) is 2. The minimum Gasteiger partial charge on any atom is -0.497 e. The third-order valence-electron chi connectivity index (χ3n) is 2.20. The Hall–Kier alpha value is -1.48. The minimum atomic E-state index is 0.849. The molecule has 0 bridgehead atoms. The molecule has 0 saturated carbocycles. The number of ether oxygens (including phenoxy) is 1. The normalized spacial score (nSPS) is 9.88. The van der Waals surface area contributed by atoms with Crippen LogP contribution in [-0.2, 0) is 0 Å². The Morgan fingerprint density at radius 2 is 1.75 bits per heavy atom. The Kier molecular flexibility index (Phi) is 3.47. The summed E-state index contributed by atoms with van der Waals surface area (Å²) in [4.78, 5) is 0. The summed E-state index contributed by atoms with van der Waals surface area (Å²) in [6, 6.07) is 15.9. The number of rotatable bonds is 3. The number of methoxy groups -OCH3 is 1. The van der Waals surface area contributed by atoms with E-state index in [0.717, 1.165) is 21.6 Å². The molecule has 0 fully saturated rings. The molecule has 82 valence electrons. The number of nitrogens with one attached hydrogen (secondary N) is 1. The summed E-state index contributed by atoms with van der Waals surface area (Å²) in [5.74, 6) is 0.849. The van der Waals surface area contributed by atoms with Crippen LogP contribution in [0.3, 0.4) is 0 Å². The molecule has 0 aliphatic carbocycles. The topological polar surface area (TPSA) is 21.3 Å².